The van der Waals surface area contributed by atoms with E-state index in [0.717, 1.165) is 25.7 Å². The minimum absolute atomic E-state index is 0.0127. The molecule has 0 amide bonds. The number of hydrogen-bond acceptors (Lipinski definition) is 3. The van der Waals surface area contributed by atoms with Crippen LogP contribution in [0.4, 0.5) is 45.5 Å². The van der Waals surface area contributed by atoms with Gasteiger partial charge in [-0.2, -0.15) is 0 Å². The number of hydrogen-bond donors (Lipinski definition) is 0. The van der Waals surface area contributed by atoms with Crippen LogP contribution in [0.2, 0.25) is 0 Å². The van der Waals surface area contributed by atoms with Gasteiger partial charge in [-0.15, -0.1) is 0 Å². The Morgan fingerprint density at radius 3 is 1.30 bits per heavy atom. The highest BCUT2D eigenvalue weighted by molar-refractivity contribution is 6.03. The predicted molar refractivity (Wildman–Crippen MR) is 386 cm³/mol. The maximum atomic E-state index is 2.87. The number of anilines is 8. The quantitative estimate of drug-likeness (QED) is 0.164. The minimum atomic E-state index is -0.237. The first-order valence-corrected chi connectivity index (χ1v) is 33.9. The summed E-state index contributed by atoms with van der Waals surface area (Å²) in [4.78, 5) is 8.39. The van der Waals surface area contributed by atoms with E-state index in [-0.39, 0.29) is 49.4 Å². The van der Waals surface area contributed by atoms with Crippen molar-refractivity contribution in [2.45, 2.75) is 213 Å². The van der Waals surface area contributed by atoms with Crippen LogP contribution in [0.3, 0.4) is 0 Å². The molecule has 0 saturated heterocycles. The maximum absolute atomic E-state index is 2.87. The summed E-state index contributed by atoms with van der Waals surface area (Å²) >= 11 is 0. The summed E-state index contributed by atoms with van der Waals surface area (Å²) in [6, 6.07) is 72.7. The normalized spacial score (nSPS) is 20.6. The first kappa shape index (κ1) is 60.0. The third-order valence-corrected chi connectivity index (χ3v) is 22.7. The second kappa shape index (κ2) is 20.4. The molecule has 0 radical (unpaired) electrons. The van der Waals surface area contributed by atoms with Gasteiger partial charge in [-0.05, 0) is 198 Å². The molecule has 0 spiro atoms. The summed E-state index contributed by atoms with van der Waals surface area (Å²) in [7, 11) is 0. The van der Waals surface area contributed by atoms with Crippen molar-refractivity contribution >= 4 is 45.5 Å². The van der Waals surface area contributed by atoms with Crippen LogP contribution in [0.15, 0.2) is 182 Å². The van der Waals surface area contributed by atoms with Gasteiger partial charge in [0.2, 0.25) is 0 Å². The molecular weight excluding hydrogens is 1090 g/mol. The van der Waals surface area contributed by atoms with Crippen LogP contribution in [0.25, 0.3) is 33.4 Å². The van der Waals surface area contributed by atoms with E-state index in [1.54, 1.807) is 0 Å². The standard InChI is InChI=1S/C87H97N3/c1-80(2,3)59-34-31-55(32-35-59)58-33-40-73-70(47-58)86(17)43-25-26-44-87(86,18)90(73)63-51-76-79-77(52-63)89(72-42-38-61(82(7,8)9)49-66(72)57-29-23-20-24-30-57)75-54-69-68(84(13,14)45-46-85(69,15)16)53-67(75)78(79)64-39-36-62(83(10,11)12)50-74(64)88(76)71-41-37-60(81(4,5)6)48-65(71)56-27-21-19-22-28-56/h19-24,27-42,47-54,78H,25-26,43-46H2,1-18H3. The zero-order valence-corrected chi connectivity index (χ0v) is 57.5. The zero-order valence-electron chi connectivity index (χ0n) is 57.5. The summed E-state index contributed by atoms with van der Waals surface area (Å²) in [6.45, 7) is 43.5. The van der Waals surface area contributed by atoms with Gasteiger partial charge in [-0.25, -0.2) is 0 Å². The molecule has 1 saturated carbocycles. The molecule has 14 rings (SSSR count). The van der Waals surface area contributed by atoms with Gasteiger partial charge in [-0.1, -0.05) is 252 Å². The molecular formula is C87H97N3. The van der Waals surface area contributed by atoms with Gasteiger partial charge >= 0.3 is 0 Å². The summed E-state index contributed by atoms with van der Waals surface area (Å²) in [5, 5.41) is 0. The second-order valence-corrected chi connectivity index (χ2v) is 33.7. The average molecular weight is 1180 g/mol. The molecule has 90 heavy (non-hydrogen) atoms. The summed E-state index contributed by atoms with van der Waals surface area (Å²) in [6.07, 6.45) is 6.90. The van der Waals surface area contributed by atoms with Crippen LogP contribution in [0, 0.1) is 0 Å². The zero-order chi connectivity index (χ0) is 63.6. The van der Waals surface area contributed by atoms with E-state index in [2.05, 4.69) is 321 Å². The lowest BCUT2D eigenvalue weighted by molar-refractivity contribution is 0.195. The molecule has 9 aromatic rings. The average Bonchev–Trinajstić information content (AvgIpc) is 1.16. The Kier molecular flexibility index (Phi) is 13.6. The SMILES string of the molecule is CC(C)(C)c1ccc(-c2ccc3c(c2)C2(C)CCCCC2(C)N3c2cc3c4c(c2)N(c2ccc(C(C)(C)C)cc2-c2ccccc2)c2cc5c(cc2C4c2ccc(C(C)(C)C)cc2N3c2ccc(C(C)(C)C)cc2-c2ccccc2)C(C)(C)CCC5(C)C)cc1. The molecule has 460 valence electrons. The van der Waals surface area contributed by atoms with E-state index in [0.29, 0.717) is 0 Å². The monoisotopic (exact) mass is 1180 g/mol. The lowest BCUT2D eigenvalue weighted by Crippen LogP contribution is -2.54. The lowest BCUT2D eigenvalue weighted by atomic mass is 9.61. The topological polar surface area (TPSA) is 9.72 Å². The molecule has 9 aromatic carbocycles. The maximum Gasteiger partial charge on any atom is 0.0545 e. The number of rotatable bonds is 6. The van der Waals surface area contributed by atoms with Gasteiger partial charge in [-0.3, -0.25) is 0 Å². The van der Waals surface area contributed by atoms with Crippen LogP contribution in [0.1, 0.15) is 225 Å². The van der Waals surface area contributed by atoms with Crippen molar-refractivity contribution in [3.05, 3.63) is 238 Å². The van der Waals surface area contributed by atoms with Crippen LogP contribution in [-0.4, -0.2) is 5.54 Å². The highest BCUT2D eigenvalue weighted by Gasteiger charge is 2.58. The highest BCUT2D eigenvalue weighted by Crippen LogP contribution is 2.67. The molecule has 2 aliphatic carbocycles. The third kappa shape index (κ3) is 9.46. The molecule has 3 aliphatic heterocycles. The molecule has 3 nitrogen and oxygen atoms in total. The molecule has 0 bridgehead atoms. The first-order valence-electron chi connectivity index (χ1n) is 33.9. The van der Waals surface area contributed by atoms with Crippen molar-refractivity contribution in [1.29, 1.82) is 0 Å². The molecule has 0 aromatic heterocycles. The molecule has 3 atom stereocenters. The molecule has 3 heteroatoms. The number of nitrogens with zero attached hydrogens (tertiary/aromatic N) is 3. The minimum Gasteiger partial charge on any atom is -0.334 e. The van der Waals surface area contributed by atoms with Crippen LogP contribution < -0.4 is 14.7 Å². The van der Waals surface area contributed by atoms with E-state index in [1.165, 1.54) is 147 Å². The van der Waals surface area contributed by atoms with Crippen molar-refractivity contribution < 1.29 is 0 Å². The Morgan fingerprint density at radius 1 is 0.333 bits per heavy atom. The largest absolute Gasteiger partial charge is 0.334 e. The van der Waals surface area contributed by atoms with Crippen LogP contribution in [0.5, 0.6) is 0 Å². The summed E-state index contributed by atoms with van der Waals surface area (Å²) < 4.78 is 0. The lowest BCUT2D eigenvalue weighted by Gasteiger charge is -2.51. The highest BCUT2D eigenvalue weighted by atomic mass is 15.3. The van der Waals surface area contributed by atoms with E-state index >= 15 is 0 Å². The Balaban J connectivity index is 1.15. The molecule has 0 N–H and O–H groups in total. The van der Waals surface area contributed by atoms with Gasteiger partial charge in [0.15, 0.2) is 0 Å². The van der Waals surface area contributed by atoms with Crippen molar-refractivity contribution in [2.75, 3.05) is 14.7 Å². The smallest absolute Gasteiger partial charge is 0.0545 e. The van der Waals surface area contributed by atoms with Gasteiger partial charge < -0.3 is 14.7 Å². The second-order valence-electron chi connectivity index (χ2n) is 33.7. The van der Waals surface area contributed by atoms with Crippen molar-refractivity contribution in [1.82, 2.24) is 0 Å². The Bertz CT molecular complexity index is 4300. The Morgan fingerprint density at radius 2 is 0.778 bits per heavy atom. The van der Waals surface area contributed by atoms with Crippen molar-refractivity contribution in [3.8, 4) is 33.4 Å². The van der Waals surface area contributed by atoms with Gasteiger partial charge in [0, 0.05) is 39.4 Å². The van der Waals surface area contributed by atoms with Gasteiger partial charge in [0.25, 0.3) is 0 Å². The fraction of sp³-hybridized carbons (Fsp3) is 0.379. The van der Waals surface area contributed by atoms with Crippen LogP contribution in [-0.2, 0) is 37.9 Å². The summed E-state index contributed by atoms with van der Waals surface area (Å²) in [5.41, 5.74) is 30.8. The molecule has 3 heterocycles. The third-order valence-electron chi connectivity index (χ3n) is 22.7. The Labute approximate surface area is 540 Å². The van der Waals surface area contributed by atoms with Crippen LogP contribution >= 0.6 is 0 Å². The number of benzene rings is 9. The van der Waals surface area contributed by atoms with E-state index in [4.69, 9.17) is 0 Å². The molecule has 5 aliphatic rings. The van der Waals surface area contributed by atoms with E-state index < -0.39 is 0 Å². The van der Waals surface area contributed by atoms with E-state index in [1.807, 2.05) is 0 Å². The van der Waals surface area contributed by atoms with Crippen molar-refractivity contribution in [2.24, 2.45) is 0 Å². The van der Waals surface area contributed by atoms with Crippen molar-refractivity contribution in [3.63, 3.8) is 0 Å². The first-order chi connectivity index (χ1) is 42.4. The molecule has 3 unspecified atom stereocenters. The van der Waals surface area contributed by atoms with Gasteiger partial charge in [0.05, 0.1) is 39.7 Å². The molecule has 1 fully saturated rings. The fourth-order valence-electron chi connectivity index (χ4n) is 16.7. The predicted octanol–water partition coefficient (Wildman–Crippen LogP) is 24.7. The van der Waals surface area contributed by atoms with E-state index in [9.17, 15) is 0 Å². The fourth-order valence-corrected chi connectivity index (χ4v) is 16.7. The summed E-state index contributed by atoms with van der Waals surface area (Å²) in [5.74, 6) is -0.0709. The van der Waals surface area contributed by atoms with Gasteiger partial charge in [0.1, 0.15) is 0 Å². The number of fused-ring (bicyclic) bond motifs is 8. The Hall–Kier alpha value is -7.62.